The fourth-order valence-corrected chi connectivity index (χ4v) is 3.31. The number of anilines is 1. The number of thiazole rings is 1. The van der Waals surface area contributed by atoms with Gasteiger partial charge in [-0.25, -0.2) is 4.98 Å². The highest BCUT2D eigenvalue weighted by Gasteiger charge is 2.15. The number of nitriles is 1. The summed E-state index contributed by atoms with van der Waals surface area (Å²) in [4.78, 5) is 4.73. The second-order valence-electron chi connectivity index (χ2n) is 4.82. The van der Waals surface area contributed by atoms with Crippen molar-refractivity contribution < 1.29 is 0 Å². The summed E-state index contributed by atoms with van der Waals surface area (Å²) in [5, 5.41) is 14.8. The third-order valence-electron chi connectivity index (χ3n) is 3.43. The van der Waals surface area contributed by atoms with E-state index < -0.39 is 0 Å². The predicted molar refractivity (Wildman–Crippen MR) is 78.4 cm³/mol. The van der Waals surface area contributed by atoms with Crippen molar-refractivity contribution >= 4 is 16.3 Å². The Morgan fingerprint density at radius 1 is 1.37 bits per heavy atom. The maximum Gasteiger partial charge on any atom is 0.125 e. The number of nitrogens with one attached hydrogen (secondary N) is 1. The van der Waals surface area contributed by atoms with Crippen molar-refractivity contribution in [2.45, 2.75) is 26.2 Å². The lowest BCUT2D eigenvalue weighted by Crippen LogP contribution is -1.96. The number of nitrogens with zero attached hydrogens (tertiary/aromatic N) is 2. The molecule has 0 unspecified atom stereocenters. The first-order chi connectivity index (χ1) is 9.28. The number of fused-ring (bicyclic) bond motifs is 1. The van der Waals surface area contributed by atoms with Crippen molar-refractivity contribution in [3.63, 3.8) is 0 Å². The topological polar surface area (TPSA) is 48.7 Å². The zero-order valence-electron chi connectivity index (χ0n) is 10.9. The monoisotopic (exact) mass is 269 g/mol. The molecule has 1 aliphatic rings. The summed E-state index contributed by atoms with van der Waals surface area (Å²) < 4.78 is 0. The molecule has 19 heavy (non-hydrogen) atoms. The van der Waals surface area contributed by atoms with Gasteiger partial charge in [0.15, 0.2) is 0 Å². The van der Waals surface area contributed by atoms with Crippen LogP contribution in [0, 0.1) is 18.3 Å². The largest absolute Gasteiger partial charge is 0.375 e. The first kappa shape index (κ1) is 12.2. The van der Waals surface area contributed by atoms with E-state index >= 15 is 0 Å². The smallest absolute Gasteiger partial charge is 0.125 e. The van der Waals surface area contributed by atoms with E-state index in [1.807, 2.05) is 25.1 Å². The highest BCUT2D eigenvalue weighted by molar-refractivity contribution is 7.19. The van der Waals surface area contributed by atoms with Crippen LogP contribution < -0.4 is 5.32 Å². The number of aryl methyl sites for hydroxylation is 2. The maximum atomic E-state index is 9.11. The van der Waals surface area contributed by atoms with E-state index in [0.29, 0.717) is 0 Å². The zero-order chi connectivity index (χ0) is 13.2. The summed E-state index contributed by atoms with van der Waals surface area (Å²) in [6, 6.07) is 8.22. The van der Waals surface area contributed by atoms with E-state index in [2.05, 4.69) is 11.4 Å². The molecule has 0 aliphatic carbocycles. The number of hydrogen-bond acceptors (Lipinski definition) is 4. The van der Waals surface area contributed by atoms with Crippen LogP contribution in [0.1, 0.15) is 29.7 Å². The summed E-state index contributed by atoms with van der Waals surface area (Å²) in [7, 11) is 0. The van der Waals surface area contributed by atoms with Crippen LogP contribution in [0.5, 0.6) is 0 Å². The van der Waals surface area contributed by atoms with Crippen molar-refractivity contribution in [2.75, 3.05) is 11.9 Å². The molecule has 0 atom stereocenters. The zero-order valence-corrected chi connectivity index (χ0v) is 11.7. The van der Waals surface area contributed by atoms with E-state index in [9.17, 15) is 0 Å². The van der Waals surface area contributed by atoms with Crippen molar-refractivity contribution in [3.8, 4) is 16.6 Å². The molecule has 0 amide bonds. The van der Waals surface area contributed by atoms with Crippen molar-refractivity contribution in [3.05, 3.63) is 35.0 Å². The molecule has 0 saturated carbocycles. The maximum absolute atomic E-state index is 9.11. The molecular formula is C15H15N3S. The first-order valence-electron chi connectivity index (χ1n) is 6.52. The molecule has 2 aromatic rings. The van der Waals surface area contributed by atoms with Gasteiger partial charge in [-0.05, 0) is 37.8 Å². The highest BCUT2D eigenvalue weighted by atomic mass is 32.1. The van der Waals surface area contributed by atoms with Gasteiger partial charge < -0.3 is 5.32 Å². The van der Waals surface area contributed by atoms with Crippen LogP contribution in [0.2, 0.25) is 0 Å². The second kappa shape index (κ2) is 5.02. The van der Waals surface area contributed by atoms with Crippen LogP contribution >= 0.6 is 11.3 Å². The van der Waals surface area contributed by atoms with Gasteiger partial charge in [0.1, 0.15) is 10.0 Å². The average Bonchev–Trinajstić information content (AvgIpc) is 2.70. The fourth-order valence-electron chi connectivity index (χ4n) is 2.28. The van der Waals surface area contributed by atoms with Crippen LogP contribution in [0.3, 0.4) is 0 Å². The molecule has 0 spiro atoms. The van der Waals surface area contributed by atoms with E-state index in [1.54, 1.807) is 11.3 Å². The Morgan fingerprint density at radius 3 is 3.11 bits per heavy atom. The van der Waals surface area contributed by atoms with E-state index in [4.69, 9.17) is 10.2 Å². The van der Waals surface area contributed by atoms with Gasteiger partial charge in [0.2, 0.25) is 0 Å². The van der Waals surface area contributed by atoms with Gasteiger partial charge in [0.25, 0.3) is 0 Å². The Morgan fingerprint density at radius 2 is 2.26 bits per heavy atom. The summed E-state index contributed by atoms with van der Waals surface area (Å²) in [5.41, 5.74) is 3.97. The second-order valence-corrected chi connectivity index (χ2v) is 5.82. The van der Waals surface area contributed by atoms with Crippen molar-refractivity contribution in [1.29, 1.82) is 5.26 Å². The molecule has 1 aromatic heterocycles. The fraction of sp³-hybridized carbons (Fsp3) is 0.333. The minimum Gasteiger partial charge on any atom is -0.375 e. The summed E-state index contributed by atoms with van der Waals surface area (Å²) in [5.74, 6) is 0. The molecule has 96 valence electrons. The Kier molecular flexibility index (Phi) is 3.22. The van der Waals surface area contributed by atoms with Gasteiger partial charge in [-0.2, -0.15) is 5.26 Å². The standard InChI is InChI=1S/C15H15N3S/c1-10-5-6-11(8-12(10)9-16)14-18-13-4-2-3-7-17-15(13)19-14/h5-6,8,17H,2-4,7H2,1H3. The van der Waals surface area contributed by atoms with Gasteiger partial charge in [-0.1, -0.05) is 23.5 Å². The van der Waals surface area contributed by atoms with E-state index in [-0.39, 0.29) is 0 Å². The van der Waals surface area contributed by atoms with Gasteiger partial charge in [-0.3, -0.25) is 0 Å². The van der Waals surface area contributed by atoms with Crippen LogP contribution in [-0.4, -0.2) is 11.5 Å². The van der Waals surface area contributed by atoms with Crippen LogP contribution in [-0.2, 0) is 6.42 Å². The normalized spacial score (nSPS) is 14.1. The van der Waals surface area contributed by atoms with E-state index in [1.165, 1.54) is 23.5 Å². The first-order valence-corrected chi connectivity index (χ1v) is 7.34. The number of hydrogen-bond donors (Lipinski definition) is 1. The SMILES string of the molecule is Cc1ccc(-c2nc3c(s2)NCCCC3)cc1C#N. The van der Waals surface area contributed by atoms with Crippen LogP contribution in [0.15, 0.2) is 18.2 Å². The summed E-state index contributed by atoms with van der Waals surface area (Å²) in [6.45, 7) is 2.99. The van der Waals surface area contributed by atoms with Crippen molar-refractivity contribution in [2.24, 2.45) is 0 Å². The number of benzene rings is 1. The Labute approximate surface area is 116 Å². The van der Waals surface area contributed by atoms with Crippen molar-refractivity contribution in [1.82, 2.24) is 4.98 Å². The van der Waals surface area contributed by atoms with Gasteiger partial charge in [0, 0.05) is 12.1 Å². The number of rotatable bonds is 1. The van der Waals surface area contributed by atoms with Crippen LogP contribution in [0.4, 0.5) is 5.00 Å². The Balaban J connectivity index is 2.01. The lowest BCUT2D eigenvalue weighted by molar-refractivity contribution is 0.775. The van der Waals surface area contributed by atoms with Gasteiger partial charge >= 0.3 is 0 Å². The third-order valence-corrected chi connectivity index (χ3v) is 4.53. The average molecular weight is 269 g/mol. The molecule has 1 aliphatic heterocycles. The Bertz CT molecular complexity index is 628. The molecule has 0 saturated heterocycles. The summed E-state index contributed by atoms with van der Waals surface area (Å²) in [6.07, 6.45) is 3.46. The quantitative estimate of drug-likeness (QED) is 0.858. The lowest BCUT2D eigenvalue weighted by atomic mass is 10.1. The van der Waals surface area contributed by atoms with Gasteiger partial charge in [-0.15, -0.1) is 0 Å². The highest BCUT2D eigenvalue weighted by Crippen LogP contribution is 2.34. The minimum atomic E-state index is 0.732. The molecule has 4 heteroatoms. The molecule has 2 heterocycles. The molecule has 3 rings (SSSR count). The molecule has 0 fully saturated rings. The summed E-state index contributed by atoms with van der Waals surface area (Å²) >= 11 is 1.70. The third kappa shape index (κ3) is 2.34. The molecule has 0 radical (unpaired) electrons. The molecule has 3 nitrogen and oxygen atoms in total. The molecule has 1 aromatic carbocycles. The van der Waals surface area contributed by atoms with E-state index in [0.717, 1.165) is 34.7 Å². The molecule has 1 N–H and O–H groups in total. The minimum absolute atomic E-state index is 0.732. The predicted octanol–water partition coefficient (Wildman–Crippen LogP) is 3.74. The molecular weight excluding hydrogens is 254 g/mol. The lowest BCUT2D eigenvalue weighted by Gasteiger charge is -2.00. The van der Waals surface area contributed by atoms with Crippen LogP contribution in [0.25, 0.3) is 10.6 Å². The molecule has 0 bridgehead atoms. The Hall–Kier alpha value is -1.86. The van der Waals surface area contributed by atoms with Gasteiger partial charge in [0.05, 0.1) is 17.3 Å². The number of aromatic nitrogens is 1.